The predicted octanol–water partition coefficient (Wildman–Crippen LogP) is 3.09. The summed E-state index contributed by atoms with van der Waals surface area (Å²) >= 11 is 0. The highest BCUT2D eigenvalue weighted by Crippen LogP contribution is 2.42. The molecule has 3 aliphatic heterocycles. The number of nitrogens with zero attached hydrogens (tertiary/aromatic N) is 2. The van der Waals surface area contributed by atoms with E-state index in [4.69, 9.17) is 4.74 Å². The molecule has 26 heavy (non-hydrogen) atoms. The molecule has 3 fully saturated rings. The van der Waals surface area contributed by atoms with Gasteiger partial charge in [0.1, 0.15) is 5.75 Å². The van der Waals surface area contributed by atoms with Crippen LogP contribution in [0.2, 0.25) is 0 Å². The molecule has 2 aromatic rings. The van der Waals surface area contributed by atoms with E-state index in [0.29, 0.717) is 17.6 Å². The lowest BCUT2D eigenvalue weighted by Crippen LogP contribution is -2.54. The van der Waals surface area contributed by atoms with E-state index in [-0.39, 0.29) is 12.0 Å². The number of aromatic nitrogens is 1. The Morgan fingerprint density at radius 3 is 3.00 bits per heavy atom. The van der Waals surface area contributed by atoms with Crippen molar-refractivity contribution in [1.29, 1.82) is 0 Å². The Hall–Kier alpha value is -2.24. The average Bonchev–Trinajstić information content (AvgIpc) is 2.66. The molecule has 3 aliphatic rings. The number of aliphatic hydroxyl groups is 1. The van der Waals surface area contributed by atoms with Gasteiger partial charge in [0, 0.05) is 31.1 Å². The number of piperidine rings is 3. The van der Waals surface area contributed by atoms with E-state index < -0.39 is 6.10 Å². The van der Waals surface area contributed by atoms with Crippen LogP contribution >= 0.6 is 0 Å². The van der Waals surface area contributed by atoms with Gasteiger partial charge in [0.25, 0.3) is 0 Å². The van der Waals surface area contributed by atoms with Crippen LogP contribution in [0.5, 0.6) is 5.75 Å². The molecule has 1 aromatic heterocycles. The fourth-order valence-corrected chi connectivity index (χ4v) is 4.55. The van der Waals surface area contributed by atoms with Crippen molar-refractivity contribution in [3.05, 3.63) is 48.7 Å². The highest BCUT2D eigenvalue weighted by atomic mass is 16.5. The third-order valence-corrected chi connectivity index (χ3v) is 5.85. The van der Waals surface area contributed by atoms with Crippen molar-refractivity contribution in [2.24, 2.45) is 11.8 Å². The number of ether oxygens (including phenoxy) is 1. The van der Waals surface area contributed by atoms with E-state index in [2.05, 4.69) is 22.5 Å². The SMILES string of the molecule is C=C[C@H]1CN2CC[C@H]1C[C@H]2[C@H](O)c1ccnc2ccc(OC(C)=O)cc12. The van der Waals surface area contributed by atoms with Crippen LogP contribution in [0.15, 0.2) is 43.1 Å². The maximum Gasteiger partial charge on any atom is 0.308 e. The number of hydrogen-bond donors (Lipinski definition) is 1. The molecule has 2 bridgehead atoms. The van der Waals surface area contributed by atoms with Gasteiger partial charge in [-0.25, -0.2) is 0 Å². The number of hydrogen-bond acceptors (Lipinski definition) is 5. The van der Waals surface area contributed by atoms with Crippen molar-refractivity contribution < 1.29 is 14.6 Å². The van der Waals surface area contributed by atoms with Gasteiger partial charge in [-0.3, -0.25) is 14.7 Å². The first-order valence-corrected chi connectivity index (χ1v) is 9.18. The Bertz CT molecular complexity index is 850. The normalized spacial score (nSPS) is 28.7. The van der Waals surface area contributed by atoms with Crippen LogP contribution in [0.25, 0.3) is 10.9 Å². The smallest absolute Gasteiger partial charge is 0.308 e. The molecule has 136 valence electrons. The third-order valence-electron chi connectivity index (χ3n) is 5.85. The van der Waals surface area contributed by atoms with E-state index in [1.807, 2.05) is 12.1 Å². The molecule has 0 amide bonds. The van der Waals surface area contributed by atoms with Crippen LogP contribution in [-0.4, -0.2) is 40.1 Å². The number of pyridine rings is 1. The molecule has 3 saturated heterocycles. The summed E-state index contributed by atoms with van der Waals surface area (Å²) in [5.74, 6) is 1.24. The van der Waals surface area contributed by atoms with E-state index in [0.717, 1.165) is 36.0 Å². The summed E-state index contributed by atoms with van der Waals surface area (Å²) in [7, 11) is 0. The molecule has 1 aromatic carbocycles. The number of benzene rings is 1. The molecule has 5 nitrogen and oxygen atoms in total. The lowest BCUT2D eigenvalue weighted by atomic mass is 9.73. The van der Waals surface area contributed by atoms with E-state index in [1.165, 1.54) is 13.3 Å². The highest BCUT2D eigenvalue weighted by Gasteiger charge is 2.42. The van der Waals surface area contributed by atoms with Gasteiger partial charge in [-0.2, -0.15) is 0 Å². The van der Waals surface area contributed by atoms with Crippen molar-refractivity contribution in [2.45, 2.75) is 31.9 Å². The molecule has 0 spiro atoms. The molecule has 5 atom stereocenters. The lowest BCUT2D eigenvalue weighted by molar-refractivity contribution is -0.131. The Balaban J connectivity index is 1.67. The minimum absolute atomic E-state index is 0.105. The zero-order valence-electron chi connectivity index (χ0n) is 15.0. The summed E-state index contributed by atoms with van der Waals surface area (Å²) < 4.78 is 5.21. The monoisotopic (exact) mass is 352 g/mol. The Kier molecular flexibility index (Phi) is 4.51. The quantitative estimate of drug-likeness (QED) is 0.520. The molecule has 1 unspecified atom stereocenters. The zero-order valence-corrected chi connectivity index (χ0v) is 15.0. The van der Waals surface area contributed by atoms with Crippen LogP contribution < -0.4 is 4.74 Å². The fraction of sp³-hybridized carbons (Fsp3) is 0.429. The first-order valence-electron chi connectivity index (χ1n) is 9.18. The molecule has 0 aliphatic carbocycles. The number of rotatable bonds is 4. The van der Waals surface area contributed by atoms with Crippen LogP contribution in [-0.2, 0) is 4.79 Å². The lowest BCUT2D eigenvalue weighted by Gasteiger charge is -2.50. The number of esters is 1. The minimum atomic E-state index is -0.596. The Morgan fingerprint density at radius 1 is 1.46 bits per heavy atom. The molecule has 4 heterocycles. The van der Waals surface area contributed by atoms with Crippen LogP contribution in [0.1, 0.15) is 31.4 Å². The van der Waals surface area contributed by atoms with Gasteiger partial charge in [0.05, 0.1) is 11.6 Å². The molecule has 5 rings (SSSR count). The summed E-state index contributed by atoms with van der Waals surface area (Å²) in [6.45, 7) is 7.34. The van der Waals surface area contributed by atoms with Gasteiger partial charge in [0.15, 0.2) is 0 Å². The van der Waals surface area contributed by atoms with Crippen molar-refractivity contribution in [3.63, 3.8) is 0 Å². The van der Waals surface area contributed by atoms with E-state index >= 15 is 0 Å². The standard InChI is InChI=1S/C21H24N2O3/c1-3-14-12-23-9-7-15(14)10-20(23)21(25)17-6-8-22-19-5-4-16(11-18(17)19)26-13(2)24/h3-6,8,11,14-15,20-21,25H,1,7,9-10,12H2,2H3/t14-,15-,20-,21+/m0/s1. The number of aliphatic hydroxyl groups excluding tert-OH is 1. The van der Waals surface area contributed by atoms with Gasteiger partial charge in [-0.15, -0.1) is 6.58 Å². The van der Waals surface area contributed by atoms with Crippen molar-refractivity contribution in [3.8, 4) is 5.75 Å². The third kappa shape index (κ3) is 3.02. The van der Waals surface area contributed by atoms with Crippen molar-refractivity contribution in [1.82, 2.24) is 9.88 Å². The summed E-state index contributed by atoms with van der Waals surface area (Å²) in [5.41, 5.74) is 1.63. The van der Waals surface area contributed by atoms with Crippen LogP contribution in [0.3, 0.4) is 0 Å². The van der Waals surface area contributed by atoms with E-state index in [1.54, 1.807) is 18.3 Å². The van der Waals surface area contributed by atoms with Gasteiger partial charge in [-0.05, 0) is 61.1 Å². The predicted molar refractivity (Wildman–Crippen MR) is 99.8 cm³/mol. The second-order valence-electron chi connectivity index (χ2n) is 7.36. The van der Waals surface area contributed by atoms with Gasteiger partial charge >= 0.3 is 5.97 Å². The maximum atomic E-state index is 11.3. The Labute approximate surface area is 153 Å². The largest absolute Gasteiger partial charge is 0.427 e. The number of fused-ring (bicyclic) bond motifs is 4. The average molecular weight is 352 g/mol. The Morgan fingerprint density at radius 2 is 2.31 bits per heavy atom. The maximum absolute atomic E-state index is 11.3. The number of carbonyl (C=O) groups is 1. The summed E-state index contributed by atoms with van der Waals surface area (Å²) in [6.07, 6.45) is 5.35. The summed E-state index contributed by atoms with van der Waals surface area (Å²) in [4.78, 5) is 18.0. The van der Waals surface area contributed by atoms with Crippen molar-refractivity contribution >= 4 is 16.9 Å². The fourth-order valence-electron chi connectivity index (χ4n) is 4.55. The first-order chi connectivity index (χ1) is 12.6. The van der Waals surface area contributed by atoms with Crippen LogP contribution in [0.4, 0.5) is 0 Å². The summed E-state index contributed by atoms with van der Waals surface area (Å²) in [6, 6.07) is 7.33. The summed E-state index contributed by atoms with van der Waals surface area (Å²) in [5, 5.41) is 12.0. The molecule has 1 N–H and O–H groups in total. The zero-order chi connectivity index (χ0) is 18.3. The van der Waals surface area contributed by atoms with Gasteiger partial charge in [-0.1, -0.05) is 6.08 Å². The van der Waals surface area contributed by atoms with E-state index in [9.17, 15) is 9.90 Å². The second-order valence-corrected chi connectivity index (χ2v) is 7.36. The first kappa shape index (κ1) is 17.2. The molecule has 0 saturated carbocycles. The molecule has 0 radical (unpaired) electrons. The highest BCUT2D eigenvalue weighted by molar-refractivity contribution is 5.84. The minimum Gasteiger partial charge on any atom is -0.427 e. The molecular formula is C21H24N2O3. The molecular weight excluding hydrogens is 328 g/mol. The van der Waals surface area contributed by atoms with Gasteiger partial charge < -0.3 is 9.84 Å². The topological polar surface area (TPSA) is 62.7 Å². The van der Waals surface area contributed by atoms with Gasteiger partial charge in [0.2, 0.25) is 0 Å². The second kappa shape index (κ2) is 6.82. The van der Waals surface area contributed by atoms with Crippen LogP contribution in [0, 0.1) is 11.8 Å². The number of carbonyl (C=O) groups excluding carboxylic acids is 1. The van der Waals surface area contributed by atoms with Crippen molar-refractivity contribution in [2.75, 3.05) is 13.1 Å². The molecule has 5 heteroatoms.